The van der Waals surface area contributed by atoms with Gasteiger partial charge in [-0.15, -0.1) is 0 Å². The third-order valence-electron chi connectivity index (χ3n) is 5.77. The number of carboxylic acids is 1. The van der Waals surface area contributed by atoms with Crippen LogP contribution in [0, 0.1) is 0 Å². The highest BCUT2D eigenvalue weighted by Gasteiger charge is 2.45. The Labute approximate surface area is 184 Å². The van der Waals surface area contributed by atoms with Gasteiger partial charge >= 0.3 is 5.97 Å². The van der Waals surface area contributed by atoms with Crippen LogP contribution in [-0.4, -0.2) is 59.4 Å². The van der Waals surface area contributed by atoms with E-state index in [1.54, 1.807) is 19.2 Å². The molecule has 2 atom stereocenters. The van der Waals surface area contributed by atoms with Gasteiger partial charge in [-0.25, -0.2) is 0 Å². The Kier molecular flexibility index (Phi) is 5.81. The predicted molar refractivity (Wildman–Crippen MR) is 115 cm³/mol. The first-order valence-corrected chi connectivity index (χ1v) is 10.3. The average Bonchev–Trinajstić information content (AvgIpc) is 3.16. The fourth-order valence-corrected chi connectivity index (χ4v) is 4.15. The number of carboxylic acid groups (broad SMARTS) is 1. The van der Waals surface area contributed by atoms with Crippen LogP contribution in [0.15, 0.2) is 42.5 Å². The molecule has 32 heavy (non-hydrogen) atoms. The lowest BCUT2D eigenvalue weighted by atomic mass is 10.0. The van der Waals surface area contributed by atoms with E-state index in [-0.39, 0.29) is 24.7 Å². The number of amides is 3. The molecular weight excluding hydrogens is 414 g/mol. The lowest BCUT2D eigenvalue weighted by Crippen LogP contribution is -2.51. The molecule has 0 spiro atoms. The monoisotopic (exact) mass is 437 g/mol. The third kappa shape index (κ3) is 4.14. The number of methoxy groups -OCH3 is 1. The third-order valence-corrected chi connectivity index (χ3v) is 5.77. The minimum Gasteiger partial charge on any atom is -0.497 e. The summed E-state index contributed by atoms with van der Waals surface area (Å²) in [5, 5.41) is 14.3. The largest absolute Gasteiger partial charge is 0.497 e. The van der Waals surface area contributed by atoms with Crippen molar-refractivity contribution in [2.24, 2.45) is 0 Å². The highest BCUT2D eigenvalue weighted by molar-refractivity contribution is 6.11. The second-order valence-electron chi connectivity index (χ2n) is 7.78. The number of benzene rings is 2. The van der Waals surface area contributed by atoms with Gasteiger partial charge in [0, 0.05) is 13.0 Å². The number of nitrogens with zero attached hydrogens (tertiary/aromatic N) is 1. The van der Waals surface area contributed by atoms with E-state index in [1.165, 1.54) is 4.90 Å². The van der Waals surface area contributed by atoms with E-state index in [2.05, 4.69) is 10.6 Å². The maximum absolute atomic E-state index is 13.3. The number of rotatable bonds is 6. The lowest BCUT2D eigenvalue weighted by molar-refractivity contribution is -0.139. The topological polar surface area (TPSA) is 125 Å². The van der Waals surface area contributed by atoms with E-state index < -0.39 is 24.0 Å². The molecule has 0 aromatic heterocycles. The van der Waals surface area contributed by atoms with E-state index in [4.69, 9.17) is 9.84 Å². The standard InChI is InChI=1S/C23H23N3O6/c1-32-15-5-2-13(3-6-15)14-4-7-17-16(12-14)23(31)26-11-10-18(21(26)22(30)25-17)24-19(27)8-9-20(28)29/h2-7,12,18,21H,8-11H2,1H3,(H,24,27)(H,25,30)(H,28,29). The van der Waals surface area contributed by atoms with E-state index in [0.717, 1.165) is 16.9 Å². The van der Waals surface area contributed by atoms with Crippen LogP contribution in [0.2, 0.25) is 0 Å². The SMILES string of the molecule is COc1ccc(-c2ccc3c(c2)C(=O)N2CCC(NC(=O)CCC(=O)O)C2C(=O)N3)cc1. The highest BCUT2D eigenvalue weighted by Crippen LogP contribution is 2.32. The summed E-state index contributed by atoms with van der Waals surface area (Å²) in [6.07, 6.45) is -0.0622. The summed E-state index contributed by atoms with van der Waals surface area (Å²) in [6.45, 7) is 0.313. The van der Waals surface area contributed by atoms with Crippen molar-refractivity contribution >= 4 is 29.4 Å². The Hall–Kier alpha value is -3.88. The maximum Gasteiger partial charge on any atom is 0.303 e. The van der Waals surface area contributed by atoms with Crippen LogP contribution in [0.5, 0.6) is 5.75 Å². The number of carbonyl (C=O) groups is 4. The molecule has 1 fully saturated rings. The molecule has 2 aliphatic rings. The van der Waals surface area contributed by atoms with Gasteiger partial charge < -0.3 is 25.4 Å². The van der Waals surface area contributed by atoms with Gasteiger partial charge in [0.15, 0.2) is 0 Å². The molecule has 9 heteroatoms. The molecule has 0 radical (unpaired) electrons. The van der Waals surface area contributed by atoms with Crippen LogP contribution in [-0.2, 0) is 14.4 Å². The first kappa shape index (κ1) is 21.4. The van der Waals surface area contributed by atoms with Crippen LogP contribution in [0.4, 0.5) is 5.69 Å². The van der Waals surface area contributed by atoms with Crippen molar-refractivity contribution in [1.29, 1.82) is 0 Å². The Balaban J connectivity index is 1.57. The Bertz CT molecular complexity index is 1080. The zero-order valence-corrected chi connectivity index (χ0v) is 17.5. The van der Waals surface area contributed by atoms with Crippen LogP contribution in [0.25, 0.3) is 11.1 Å². The van der Waals surface area contributed by atoms with Crippen molar-refractivity contribution in [2.45, 2.75) is 31.3 Å². The Morgan fingerprint density at radius 2 is 1.84 bits per heavy atom. The average molecular weight is 437 g/mol. The van der Waals surface area contributed by atoms with Gasteiger partial charge in [-0.05, 0) is 41.8 Å². The second kappa shape index (κ2) is 8.70. The summed E-state index contributed by atoms with van der Waals surface area (Å²) in [6, 6.07) is 11.3. The number of anilines is 1. The fraction of sp³-hybridized carbons (Fsp3) is 0.304. The number of aliphatic carboxylic acids is 1. The molecule has 0 saturated carbocycles. The van der Waals surface area contributed by atoms with Gasteiger partial charge in [0.25, 0.3) is 5.91 Å². The smallest absolute Gasteiger partial charge is 0.303 e. The van der Waals surface area contributed by atoms with Crippen molar-refractivity contribution in [3.8, 4) is 16.9 Å². The summed E-state index contributed by atoms with van der Waals surface area (Å²) < 4.78 is 5.19. The fourth-order valence-electron chi connectivity index (χ4n) is 4.15. The predicted octanol–water partition coefficient (Wildman–Crippen LogP) is 1.88. The first-order valence-electron chi connectivity index (χ1n) is 10.3. The lowest BCUT2D eigenvalue weighted by Gasteiger charge is -2.24. The molecular formula is C23H23N3O6. The molecule has 0 aliphatic carbocycles. The number of fused-ring (bicyclic) bond motifs is 2. The molecule has 2 aliphatic heterocycles. The molecule has 2 heterocycles. The van der Waals surface area contributed by atoms with Crippen LogP contribution in [0.1, 0.15) is 29.6 Å². The summed E-state index contributed by atoms with van der Waals surface area (Å²) in [5.74, 6) is -1.47. The number of hydrogen-bond donors (Lipinski definition) is 3. The number of nitrogens with one attached hydrogen (secondary N) is 2. The molecule has 3 N–H and O–H groups in total. The molecule has 3 amide bonds. The molecule has 2 aromatic rings. The van der Waals surface area contributed by atoms with Crippen molar-refractivity contribution in [3.05, 3.63) is 48.0 Å². The van der Waals surface area contributed by atoms with E-state index >= 15 is 0 Å². The summed E-state index contributed by atoms with van der Waals surface area (Å²) in [5.41, 5.74) is 2.53. The van der Waals surface area contributed by atoms with Crippen molar-refractivity contribution in [2.75, 3.05) is 19.0 Å². The maximum atomic E-state index is 13.3. The molecule has 166 valence electrons. The van der Waals surface area contributed by atoms with Crippen molar-refractivity contribution in [1.82, 2.24) is 10.2 Å². The number of hydrogen-bond acceptors (Lipinski definition) is 5. The summed E-state index contributed by atoms with van der Waals surface area (Å²) in [7, 11) is 1.59. The molecule has 1 saturated heterocycles. The molecule has 0 bridgehead atoms. The van der Waals surface area contributed by atoms with Crippen molar-refractivity contribution in [3.63, 3.8) is 0 Å². The molecule has 2 aromatic carbocycles. The van der Waals surface area contributed by atoms with E-state index in [9.17, 15) is 19.2 Å². The van der Waals surface area contributed by atoms with Crippen LogP contribution < -0.4 is 15.4 Å². The van der Waals surface area contributed by atoms with Gasteiger partial charge in [-0.1, -0.05) is 18.2 Å². The Morgan fingerprint density at radius 3 is 2.53 bits per heavy atom. The van der Waals surface area contributed by atoms with Gasteiger partial charge in [0.05, 0.1) is 30.8 Å². The normalized spacial score (nSPS) is 19.5. The van der Waals surface area contributed by atoms with Gasteiger partial charge in [0.1, 0.15) is 11.8 Å². The zero-order valence-electron chi connectivity index (χ0n) is 17.5. The van der Waals surface area contributed by atoms with Crippen molar-refractivity contribution < 1.29 is 29.0 Å². The second-order valence-corrected chi connectivity index (χ2v) is 7.78. The minimum atomic E-state index is -1.07. The van der Waals surface area contributed by atoms with Crippen LogP contribution >= 0.6 is 0 Å². The van der Waals surface area contributed by atoms with Gasteiger partial charge in [0.2, 0.25) is 11.8 Å². The molecule has 9 nitrogen and oxygen atoms in total. The van der Waals surface area contributed by atoms with Gasteiger partial charge in [-0.2, -0.15) is 0 Å². The zero-order chi connectivity index (χ0) is 22.8. The minimum absolute atomic E-state index is 0.181. The quantitative estimate of drug-likeness (QED) is 0.634. The first-order chi connectivity index (χ1) is 15.4. The highest BCUT2D eigenvalue weighted by atomic mass is 16.5. The number of ether oxygens (including phenoxy) is 1. The Morgan fingerprint density at radius 1 is 1.12 bits per heavy atom. The van der Waals surface area contributed by atoms with Gasteiger partial charge in [-0.3, -0.25) is 19.2 Å². The summed E-state index contributed by atoms with van der Waals surface area (Å²) >= 11 is 0. The summed E-state index contributed by atoms with van der Waals surface area (Å²) in [4.78, 5) is 50.5. The van der Waals surface area contributed by atoms with E-state index in [1.807, 2.05) is 30.3 Å². The van der Waals surface area contributed by atoms with E-state index in [0.29, 0.717) is 24.2 Å². The molecule has 2 unspecified atom stereocenters. The van der Waals surface area contributed by atoms with Crippen LogP contribution in [0.3, 0.4) is 0 Å². The number of carbonyl (C=O) groups excluding carboxylic acids is 3. The molecule has 4 rings (SSSR count).